The van der Waals surface area contributed by atoms with Crippen molar-refractivity contribution in [2.24, 2.45) is 0 Å². The smallest absolute Gasteiger partial charge is 0.245 e. The normalized spacial score (nSPS) is 31.3. The highest BCUT2D eigenvalue weighted by Crippen LogP contribution is 2.34. The van der Waals surface area contributed by atoms with Crippen LogP contribution in [0.15, 0.2) is 0 Å². The molecule has 2 amide bonds. The first-order valence-electron chi connectivity index (χ1n) is 7.88. The van der Waals surface area contributed by atoms with E-state index in [1.807, 2.05) is 16.7 Å². The van der Waals surface area contributed by atoms with Gasteiger partial charge >= 0.3 is 0 Å². The molecule has 5 heteroatoms. The molecule has 1 aliphatic heterocycles. The minimum atomic E-state index is -0.303. The first kappa shape index (κ1) is 15.7. The lowest BCUT2D eigenvalue weighted by Crippen LogP contribution is -2.50. The minimum absolute atomic E-state index is 0.0250. The highest BCUT2D eigenvalue weighted by molar-refractivity contribution is 7.99. The fourth-order valence-electron chi connectivity index (χ4n) is 3.35. The summed E-state index contributed by atoms with van der Waals surface area (Å²) in [7, 11) is 0. The maximum Gasteiger partial charge on any atom is 0.245 e. The molecule has 0 aromatic carbocycles. The largest absolute Gasteiger partial charge is 0.344 e. The molecule has 20 heavy (non-hydrogen) atoms. The second kappa shape index (κ2) is 7.34. The summed E-state index contributed by atoms with van der Waals surface area (Å²) in [6, 6.07) is 0.0300. The van der Waals surface area contributed by atoms with Crippen LogP contribution in [0.4, 0.5) is 0 Å². The van der Waals surface area contributed by atoms with Gasteiger partial charge in [-0.25, -0.2) is 0 Å². The molecule has 0 bridgehead atoms. The van der Waals surface area contributed by atoms with E-state index in [2.05, 4.69) is 19.2 Å². The molecule has 2 fully saturated rings. The van der Waals surface area contributed by atoms with E-state index in [-0.39, 0.29) is 17.9 Å². The number of nitrogens with zero attached hydrogens (tertiary/aromatic N) is 1. The Hall–Kier alpha value is -0.710. The van der Waals surface area contributed by atoms with Crippen molar-refractivity contribution in [3.63, 3.8) is 0 Å². The Labute approximate surface area is 126 Å². The number of hydrogen-bond acceptors (Lipinski definition) is 3. The molecule has 0 spiro atoms. The second-order valence-electron chi connectivity index (χ2n) is 5.68. The topological polar surface area (TPSA) is 49.4 Å². The summed E-state index contributed by atoms with van der Waals surface area (Å²) in [5.74, 6) is 1.27. The molecule has 1 saturated heterocycles. The first-order chi connectivity index (χ1) is 9.67. The number of rotatable bonds is 5. The van der Waals surface area contributed by atoms with Crippen molar-refractivity contribution in [1.82, 2.24) is 10.2 Å². The van der Waals surface area contributed by atoms with Crippen LogP contribution in [0.2, 0.25) is 0 Å². The first-order valence-corrected chi connectivity index (χ1v) is 8.93. The lowest BCUT2D eigenvalue weighted by molar-refractivity contribution is -0.135. The van der Waals surface area contributed by atoms with Gasteiger partial charge in [-0.05, 0) is 25.0 Å². The van der Waals surface area contributed by atoms with Gasteiger partial charge < -0.3 is 10.2 Å². The number of carbonyl (C=O) groups is 2. The van der Waals surface area contributed by atoms with Crippen LogP contribution in [0.1, 0.15) is 52.4 Å². The molecule has 1 aliphatic carbocycles. The van der Waals surface area contributed by atoms with Gasteiger partial charge in [-0.15, -0.1) is 0 Å². The molecule has 1 N–H and O–H groups in total. The summed E-state index contributed by atoms with van der Waals surface area (Å²) in [6.45, 7) is 4.82. The summed E-state index contributed by atoms with van der Waals surface area (Å²) in [4.78, 5) is 26.5. The Morgan fingerprint density at radius 2 is 2.10 bits per heavy atom. The van der Waals surface area contributed by atoms with Crippen molar-refractivity contribution < 1.29 is 9.59 Å². The molecule has 0 aromatic rings. The van der Waals surface area contributed by atoms with E-state index in [1.165, 1.54) is 12.8 Å². The average molecular weight is 298 g/mol. The zero-order valence-electron chi connectivity index (χ0n) is 12.6. The SMILES string of the molecule is CCCC1NC(=O)CCN(C2CCCC2SCC)C1=O. The van der Waals surface area contributed by atoms with Crippen molar-refractivity contribution in [1.29, 1.82) is 0 Å². The Balaban J connectivity index is 2.11. The van der Waals surface area contributed by atoms with Crippen LogP contribution in [-0.2, 0) is 9.59 Å². The second-order valence-corrected chi connectivity index (χ2v) is 7.20. The lowest BCUT2D eigenvalue weighted by atomic mass is 10.1. The van der Waals surface area contributed by atoms with E-state index in [0.29, 0.717) is 24.3 Å². The Kier molecular flexibility index (Phi) is 5.75. The number of thioether (sulfide) groups is 1. The molecule has 0 aromatic heterocycles. The molecule has 114 valence electrons. The van der Waals surface area contributed by atoms with E-state index >= 15 is 0 Å². The third-order valence-corrected chi connectivity index (χ3v) is 5.58. The molecule has 1 saturated carbocycles. The van der Waals surface area contributed by atoms with Crippen molar-refractivity contribution in [2.45, 2.75) is 69.7 Å². The molecule has 0 radical (unpaired) electrons. The fourth-order valence-corrected chi connectivity index (χ4v) is 4.61. The summed E-state index contributed by atoms with van der Waals surface area (Å²) < 4.78 is 0. The predicted molar refractivity (Wildman–Crippen MR) is 82.7 cm³/mol. The van der Waals surface area contributed by atoms with Crippen LogP contribution in [0.5, 0.6) is 0 Å². The fraction of sp³-hybridized carbons (Fsp3) is 0.867. The summed E-state index contributed by atoms with van der Waals surface area (Å²) in [5.41, 5.74) is 0. The lowest BCUT2D eigenvalue weighted by Gasteiger charge is -2.33. The van der Waals surface area contributed by atoms with E-state index in [1.54, 1.807) is 0 Å². The van der Waals surface area contributed by atoms with Gasteiger partial charge in [0.15, 0.2) is 0 Å². The highest BCUT2D eigenvalue weighted by atomic mass is 32.2. The molecular weight excluding hydrogens is 272 g/mol. The quantitative estimate of drug-likeness (QED) is 0.846. The number of carbonyl (C=O) groups excluding carboxylic acids is 2. The van der Waals surface area contributed by atoms with Gasteiger partial charge in [-0.1, -0.05) is 26.7 Å². The monoisotopic (exact) mass is 298 g/mol. The third-order valence-electron chi connectivity index (χ3n) is 4.27. The molecule has 2 rings (SSSR count). The molecular formula is C15H26N2O2S. The molecule has 3 atom stereocenters. The van der Waals surface area contributed by atoms with Gasteiger partial charge in [0, 0.05) is 24.3 Å². The average Bonchev–Trinajstić information content (AvgIpc) is 2.82. The van der Waals surface area contributed by atoms with Crippen LogP contribution in [0, 0.1) is 0 Å². The van der Waals surface area contributed by atoms with Crippen LogP contribution in [0.3, 0.4) is 0 Å². The van der Waals surface area contributed by atoms with E-state index in [9.17, 15) is 9.59 Å². The van der Waals surface area contributed by atoms with Crippen molar-refractivity contribution in [3.8, 4) is 0 Å². The van der Waals surface area contributed by atoms with E-state index < -0.39 is 0 Å². The van der Waals surface area contributed by atoms with Crippen molar-refractivity contribution in [3.05, 3.63) is 0 Å². The van der Waals surface area contributed by atoms with E-state index in [0.717, 1.165) is 25.0 Å². The van der Waals surface area contributed by atoms with Crippen molar-refractivity contribution in [2.75, 3.05) is 12.3 Å². The summed E-state index contributed by atoms with van der Waals surface area (Å²) in [5, 5.41) is 3.45. The van der Waals surface area contributed by atoms with Crippen molar-refractivity contribution >= 4 is 23.6 Å². The van der Waals surface area contributed by atoms with E-state index in [4.69, 9.17) is 0 Å². The van der Waals surface area contributed by atoms with Gasteiger partial charge in [0.25, 0.3) is 0 Å². The van der Waals surface area contributed by atoms with Gasteiger partial charge in [-0.3, -0.25) is 9.59 Å². The predicted octanol–water partition coefficient (Wildman–Crippen LogP) is 2.18. The number of hydrogen-bond donors (Lipinski definition) is 1. The number of nitrogens with one attached hydrogen (secondary N) is 1. The van der Waals surface area contributed by atoms with Gasteiger partial charge in [-0.2, -0.15) is 11.8 Å². The van der Waals surface area contributed by atoms with Gasteiger partial charge in [0.2, 0.25) is 11.8 Å². The van der Waals surface area contributed by atoms with Crippen LogP contribution >= 0.6 is 11.8 Å². The Bertz CT molecular complexity index is 362. The Morgan fingerprint density at radius 3 is 2.80 bits per heavy atom. The van der Waals surface area contributed by atoms with Crippen LogP contribution < -0.4 is 5.32 Å². The van der Waals surface area contributed by atoms with Gasteiger partial charge in [0.1, 0.15) is 6.04 Å². The maximum absolute atomic E-state index is 12.7. The summed E-state index contributed by atoms with van der Waals surface area (Å²) in [6.07, 6.45) is 5.61. The van der Waals surface area contributed by atoms with Crippen LogP contribution in [-0.4, -0.2) is 46.3 Å². The van der Waals surface area contributed by atoms with Gasteiger partial charge in [0.05, 0.1) is 0 Å². The van der Waals surface area contributed by atoms with Crippen LogP contribution in [0.25, 0.3) is 0 Å². The zero-order valence-corrected chi connectivity index (χ0v) is 13.4. The maximum atomic E-state index is 12.7. The molecule has 1 heterocycles. The number of amides is 2. The third kappa shape index (κ3) is 3.48. The molecule has 4 nitrogen and oxygen atoms in total. The zero-order chi connectivity index (χ0) is 14.5. The molecule has 2 aliphatic rings. The standard InChI is InChI=1S/C15H26N2O2S/c1-3-6-11-15(19)17(10-9-14(18)16-11)12-7-5-8-13(12)20-4-2/h11-13H,3-10H2,1-2H3,(H,16,18). The summed E-state index contributed by atoms with van der Waals surface area (Å²) >= 11 is 1.97. The highest BCUT2D eigenvalue weighted by Gasteiger charge is 2.38. The Morgan fingerprint density at radius 1 is 1.30 bits per heavy atom. The minimum Gasteiger partial charge on any atom is -0.344 e. The molecule has 3 unspecified atom stereocenters.